The van der Waals surface area contributed by atoms with Crippen LogP contribution in [0.15, 0.2) is 0 Å². The molecule has 0 rings (SSSR count). The van der Waals surface area contributed by atoms with Crippen LogP contribution in [0.1, 0.15) is 20.8 Å². The van der Waals surface area contributed by atoms with E-state index >= 15 is 0 Å². The van der Waals surface area contributed by atoms with E-state index in [1.807, 2.05) is 0 Å². The van der Waals surface area contributed by atoms with Crippen LogP contribution in [0.3, 0.4) is 0 Å². The Bertz CT molecular complexity index is 327. The zero-order valence-electron chi connectivity index (χ0n) is 9.77. The van der Waals surface area contributed by atoms with Crippen LogP contribution in [0.4, 0.5) is 22.0 Å². The van der Waals surface area contributed by atoms with Crippen molar-refractivity contribution >= 4 is 11.9 Å². The predicted octanol–water partition coefficient (Wildman–Crippen LogP) is 1.64. The maximum atomic E-state index is 12.5. The van der Waals surface area contributed by atoms with Gasteiger partial charge in [0.2, 0.25) is 0 Å². The van der Waals surface area contributed by atoms with E-state index < -0.39 is 36.1 Å². The maximum absolute atomic E-state index is 12.5. The lowest BCUT2D eigenvalue weighted by molar-refractivity contribution is -0.270. The highest BCUT2D eigenvalue weighted by molar-refractivity contribution is 5.89. The third-order valence-corrected chi connectivity index (χ3v) is 1.69. The van der Waals surface area contributed by atoms with Crippen LogP contribution in [0.5, 0.6) is 0 Å². The molecule has 18 heavy (non-hydrogen) atoms. The molecule has 1 atom stereocenters. The first-order chi connectivity index (χ1) is 7.89. The Hall–Kier alpha value is -1.41. The molecule has 0 spiro atoms. The maximum Gasteiger partial charge on any atom is 0.463 e. The van der Waals surface area contributed by atoms with Gasteiger partial charge in [0.25, 0.3) is 0 Å². The normalized spacial score (nSPS) is 14.3. The lowest BCUT2D eigenvalue weighted by atomic mass is 10.2. The fourth-order valence-electron chi connectivity index (χ4n) is 0.809. The molecular weight excluding hydrogens is 265 g/mol. The van der Waals surface area contributed by atoms with Crippen LogP contribution in [0.25, 0.3) is 0 Å². The van der Waals surface area contributed by atoms with Gasteiger partial charge in [-0.25, -0.2) is 4.79 Å². The van der Waals surface area contributed by atoms with Gasteiger partial charge in [-0.05, 0) is 20.8 Å². The monoisotopic (exact) mass is 277 g/mol. The average molecular weight is 277 g/mol. The second kappa shape index (κ2) is 5.49. The fraction of sp³-hybridized carbons (Fsp3) is 0.778. The molecule has 0 fully saturated rings. The first kappa shape index (κ1) is 16.6. The summed E-state index contributed by atoms with van der Waals surface area (Å²) in [5.41, 5.74) is 0. The third kappa shape index (κ3) is 4.11. The Balaban J connectivity index is 4.63. The molecule has 0 unspecified atom stereocenters. The standard InChI is InChI=1S/C9H12F5NO3/c1-4(2)18-6(16)5(3)15-7(17)8(10,11)9(12,13)14/h4-5H,1-3H3,(H,15,17)/t5-/m1/s1. The Kier molecular flexibility index (Phi) is 5.06. The van der Waals surface area contributed by atoms with Crippen LogP contribution < -0.4 is 5.32 Å². The first-order valence-electron chi connectivity index (χ1n) is 4.85. The molecule has 0 aromatic rings. The van der Waals surface area contributed by atoms with E-state index in [9.17, 15) is 31.5 Å². The highest BCUT2D eigenvalue weighted by Gasteiger charge is 2.63. The summed E-state index contributed by atoms with van der Waals surface area (Å²) in [6.07, 6.45) is -6.60. The van der Waals surface area contributed by atoms with Crippen molar-refractivity contribution in [3.05, 3.63) is 0 Å². The Morgan fingerprint density at radius 3 is 1.83 bits per heavy atom. The molecule has 0 aliphatic rings. The van der Waals surface area contributed by atoms with Gasteiger partial charge in [-0.15, -0.1) is 0 Å². The second-order valence-corrected chi connectivity index (χ2v) is 3.75. The molecule has 0 aliphatic carbocycles. The largest absolute Gasteiger partial charge is 0.463 e. The topological polar surface area (TPSA) is 55.4 Å². The van der Waals surface area contributed by atoms with Crippen LogP contribution in [-0.4, -0.2) is 36.1 Å². The number of rotatable bonds is 4. The highest BCUT2D eigenvalue weighted by atomic mass is 19.4. The number of esters is 1. The summed E-state index contributed by atoms with van der Waals surface area (Å²) >= 11 is 0. The molecule has 0 radical (unpaired) electrons. The number of hydrogen-bond donors (Lipinski definition) is 1. The molecule has 1 amide bonds. The second-order valence-electron chi connectivity index (χ2n) is 3.75. The Labute approximate surface area is 99.5 Å². The lowest BCUT2D eigenvalue weighted by Gasteiger charge is -2.21. The van der Waals surface area contributed by atoms with Gasteiger partial charge in [-0.1, -0.05) is 0 Å². The van der Waals surface area contributed by atoms with Crippen molar-refractivity contribution in [3.63, 3.8) is 0 Å². The molecule has 0 aromatic heterocycles. The van der Waals surface area contributed by atoms with E-state index in [1.165, 1.54) is 19.2 Å². The molecule has 0 bridgehead atoms. The average Bonchev–Trinajstić information content (AvgIpc) is 2.14. The van der Waals surface area contributed by atoms with Gasteiger partial charge in [-0.2, -0.15) is 22.0 Å². The minimum absolute atomic E-state index is 0.583. The van der Waals surface area contributed by atoms with E-state index in [2.05, 4.69) is 4.74 Å². The number of nitrogens with one attached hydrogen (secondary N) is 1. The fourth-order valence-corrected chi connectivity index (χ4v) is 0.809. The van der Waals surface area contributed by atoms with Crippen LogP contribution in [-0.2, 0) is 14.3 Å². The number of halogens is 5. The van der Waals surface area contributed by atoms with Gasteiger partial charge in [0.05, 0.1) is 6.10 Å². The van der Waals surface area contributed by atoms with E-state index in [0.717, 1.165) is 6.92 Å². The molecule has 0 aromatic carbocycles. The van der Waals surface area contributed by atoms with Crippen LogP contribution in [0.2, 0.25) is 0 Å². The SMILES string of the molecule is CC(C)OC(=O)[C@@H](C)NC(=O)C(F)(F)C(F)(F)F. The number of amides is 1. The molecule has 0 saturated heterocycles. The quantitative estimate of drug-likeness (QED) is 0.628. The van der Waals surface area contributed by atoms with E-state index in [1.54, 1.807) is 0 Å². The summed E-state index contributed by atoms with van der Waals surface area (Å²) in [7, 11) is 0. The van der Waals surface area contributed by atoms with Gasteiger partial charge in [0.15, 0.2) is 0 Å². The van der Waals surface area contributed by atoms with E-state index in [-0.39, 0.29) is 0 Å². The highest BCUT2D eigenvalue weighted by Crippen LogP contribution is 2.35. The Morgan fingerprint density at radius 2 is 1.50 bits per heavy atom. The molecule has 9 heteroatoms. The van der Waals surface area contributed by atoms with E-state index in [0.29, 0.717) is 0 Å². The molecule has 1 N–H and O–H groups in total. The first-order valence-corrected chi connectivity index (χ1v) is 4.85. The number of carbonyl (C=O) groups is 2. The van der Waals surface area contributed by atoms with Crippen LogP contribution in [0, 0.1) is 0 Å². The van der Waals surface area contributed by atoms with Gasteiger partial charge in [0, 0.05) is 0 Å². The van der Waals surface area contributed by atoms with Gasteiger partial charge < -0.3 is 10.1 Å². The third-order valence-electron chi connectivity index (χ3n) is 1.69. The van der Waals surface area contributed by atoms with Crippen molar-refractivity contribution in [2.45, 2.75) is 45.0 Å². The molecular formula is C9H12F5NO3. The Morgan fingerprint density at radius 1 is 1.06 bits per heavy atom. The predicted molar refractivity (Wildman–Crippen MR) is 49.8 cm³/mol. The zero-order valence-corrected chi connectivity index (χ0v) is 9.77. The summed E-state index contributed by atoms with van der Waals surface area (Å²) in [6.45, 7) is 3.85. The minimum atomic E-state index is -6.02. The molecule has 0 aliphatic heterocycles. The van der Waals surface area contributed by atoms with Crippen LogP contribution >= 0.6 is 0 Å². The van der Waals surface area contributed by atoms with Crippen molar-refractivity contribution in [3.8, 4) is 0 Å². The summed E-state index contributed by atoms with van der Waals surface area (Å²) in [4.78, 5) is 21.8. The summed E-state index contributed by atoms with van der Waals surface area (Å²) in [5.74, 6) is -9.25. The van der Waals surface area contributed by atoms with Gasteiger partial charge in [0.1, 0.15) is 6.04 Å². The zero-order chi connectivity index (χ0) is 14.7. The minimum Gasteiger partial charge on any atom is -0.461 e. The number of ether oxygens (including phenoxy) is 1. The summed E-state index contributed by atoms with van der Waals surface area (Å²) in [6, 6.07) is -1.60. The summed E-state index contributed by atoms with van der Waals surface area (Å²) in [5, 5.41) is 1.25. The summed E-state index contributed by atoms with van der Waals surface area (Å²) < 4.78 is 65.0. The van der Waals surface area contributed by atoms with E-state index in [4.69, 9.17) is 0 Å². The smallest absolute Gasteiger partial charge is 0.461 e. The number of carbonyl (C=O) groups excluding carboxylic acids is 2. The number of alkyl halides is 5. The molecule has 4 nitrogen and oxygen atoms in total. The van der Waals surface area contributed by atoms with Crippen molar-refractivity contribution in [2.75, 3.05) is 0 Å². The van der Waals surface area contributed by atoms with Gasteiger partial charge >= 0.3 is 24.0 Å². The molecule has 106 valence electrons. The lowest BCUT2D eigenvalue weighted by Crippen LogP contribution is -2.54. The van der Waals surface area contributed by atoms with Gasteiger partial charge in [-0.3, -0.25) is 4.79 Å². The number of hydrogen-bond acceptors (Lipinski definition) is 3. The molecule has 0 saturated carbocycles. The van der Waals surface area contributed by atoms with Crippen molar-refractivity contribution < 1.29 is 36.3 Å². The van der Waals surface area contributed by atoms with Crippen molar-refractivity contribution in [1.29, 1.82) is 0 Å². The van der Waals surface area contributed by atoms with Crippen molar-refractivity contribution in [2.24, 2.45) is 0 Å². The van der Waals surface area contributed by atoms with Crippen molar-refractivity contribution in [1.82, 2.24) is 5.32 Å². The molecule has 0 heterocycles.